The second-order valence-electron chi connectivity index (χ2n) is 7.64. The zero-order valence-electron chi connectivity index (χ0n) is 16.7. The van der Waals surface area contributed by atoms with Gasteiger partial charge in [-0.2, -0.15) is 0 Å². The van der Waals surface area contributed by atoms with Crippen LogP contribution in [0.25, 0.3) is 10.8 Å². The Morgan fingerprint density at radius 1 is 1.14 bits per heavy atom. The highest BCUT2D eigenvalue weighted by Crippen LogP contribution is 2.26. The molecule has 3 rings (SSSR count). The number of hydrogen-bond acceptors (Lipinski definition) is 3. The van der Waals surface area contributed by atoms with Crippen LogP contribution in [0.1, 0.15) is 51.1 Å². The van der Waals surface area contributed by atoms with E-state index in [9.17, 15) is 13.2 Å². The lowest BCUT2D eigenvalue weighted by atomic mass is 9.95. The van der Waals surface area contributed by atoms with E-state index in [2.05, 4.69) is 29.6 Å². The highest BCUT2D eigenvalue weighted by Gasteiger charge is 2.31. The third kappa shape index (κ3) is 4.73. The van der Waals surface area contributed by atoms with Crippen molar-refractivity contribution in [3.05, 3.63) is 48.0 Å². The molecule has 5 nitrogen and oxygen atoms in total. The maximum Gasteiger partial charge on any atom is 0.223 e. The lowest BCUT2D eigenvalue weighted by molar-refractivity contribution is -0.126. The number of hydrogen-bond donors (Lipinski definition) is 1. The molecule has 1 unspecified atom stereocenters. The Morgan fingerprint density at radius 2 is 1.82 bits per heavy atom. The monoisotopic (exact) mass is 402 g/mol. The van der Waals surface area contributed by atoms with Crippen LogP contribution in [0.5, 0.6) is 0 Å². The van der Waals surface area contributed by atoms with Crippen LogP contribution in [0.15, 0.2) is 42.5 Å². The van der Waals surface area contributed by atoms with Crippen molar-refractivity contribution in [3.8, 4) is 0 Å². The number of unbranched alkanes of at least 4 members (excludes halogenated alkanes) is 1. The highest BCUT2D eigenvalue weighted by atomic mass is 32.2. The summed E-state index contributed by atoms with van der Waals surface area (Å²) in [6.45, 7) is 4.87. The van der Waals surface area contributed by atoms with Crippen LogP contribution in [-0.4, -0.2) is 37.5 Å². The van der Waals surface area contributed by atoms with Crippen molar-refractivity contribution in [1.82, 2.24) is 9.62 Å². The molecule has 1 aliphatic heterocycles. The van der Waals surface area contributed by atoms with E-state index in [4.69, 9.17) is 0 Å². The second kappa shape index (κ2) is 9.05. The molecule has 1 fully saturated rings. The zero-order valence-corrected chi connectivity index (χ0v) is 17.5. The van der Waals surface area contributed by atoms with Crippen LogP contribution in [0.3, 0.4) is 0 Å². The fourth-order valence-electron chi connectivity index (χ4n) is 3.89. The van der Waals surface area contributed by atoms with Gasteiger partial charge < -0.3 is 5.32 Å². The van der Waals surface area contributed by atoms with Gasteiger partial charge in [-0.1, -0.05) is 55.8 Å². The molecule has 0 radical (unpaired) electrons. The number of nitrogens with zero attached hydrogens (tertiary/aromatic N) is 1. The van der Waals surface area contributed by atoms with E-state index in [1.54, 1.807) is 4.31 Å². The van der Waals surface area contributed by atoms with Crippen molar-refractivity contribution < 1.29 is 13.2 Å². The Bertz CT molecular complexity index is 913. The van der Waals surface area contributed by atoms with Gasteiger partial charge in [0.25, 0.3) is 0 Å². The van der Waals surface area contributed by atoms with Gasteiger partial charge in [-0.25, -0.2) is 12.7 Å². The molecule has 1 amide bonds. The predicted octanol–water partition coefficient (Wildman–Crippen LogP) is 3.86. The standard InChI is InChI=1S/C22H30N2O3S/c1-3-4-16-28(26,27)24-14-12-19(13-15-24)22(25)23-17(2)20-11-7-9-18-8-5-6-10-21(18)20/h5-11,17,19H,3-4,12-16H2,1-2H3,(H,23,25). The average Bonchev–Trinajstić information content (AvgIpc) is 2.72. The summed E-state index contributed by atoms with van der Waals surface area (Å²) in [4.78, 5) is 12.8. The summed E-state index contributed by atoms with van der Waals surface area (Å²) >= 11 is 0. The van der Waals surface area contributed by atoms with Gasteiger partial charge in [-0.3, -0.25) is 4.79 Å². The number of sulfonamides is 1. The number of amides is 1. The van der Waals surface area contributed by atoms with Crippen molar-refractivity contribution in [3.63, 3.8) is 0 Å². The number of nitrogens with one attached hydrogen (secondary N) is 1. The summed E-state index contributed by atoms with van der Waals surface area (Å²) in [5.41, 5.74) is 1.10. The smallest absolute Gasteiger partial charge is 0.223 e. The first kappa shape index (κ1) is 20.8. The predicted molar refractivity (Wildman–Crippen MR) is 113 cm³/mol. The van der Waals surface area contributed by atoms with Crippen LogP contribution in [-0.2, 0) is 14.8 Å². The Balaban J connectivity index is 1.60. The zero-order chi connectivity index (χ0) is 20.1. The molecule has 0 aromatic heterocycles. The van der Waals surface area contributed by atoms with Crippen molar-refractivity contribution in [2.45, 2.75) is 45.6 Å². The maximum atomic E-state index is 12.8. The Kier molecular flexibility index (Phi) is 6.73. The third-order valence-corrected chi connectivity index (χ3v) is 7.58. The van der Waals surface area contributed by atoms with E-state index >= 15 is 0 Å². The quantitative estimate of drug-likeness (QED) is 0.765. The molecular weight excluding hydrogens is 372 g/mol. The Hall–Kier alpha value is -1.92. The highest BCUT2D eigenvalue weighted by molar-refractivity contribution is 7.89. The van der Waals surface area contributed by atoms with Gasteiger partial charge in [0, 0.05) is 19.0 Å². The Morgan fingerprint density at radius 3 is 2.54 bits per heavy atom. The van der Waals surface area contributed by atoms with Crippen LogP contribution in [0.4, 0.5) is 0 Å². The molecule has 1 saturated heterocycles. The minimum atomic E-state index is -3.18. The van der Waals surface area contributed by atoms with E-state index in [1.165, 1.54) is 0 Å². The van der Waals surface area contributed by atoms with E-state index in [0.29, 0.717) is 32.4 Å². The molecule has 0 saturated carbocycles. The van der Waals surface area contributed by atoms with Gasteiger partial charge >= 0.3 is 0 Å². The fraction of sp³-hybridized carbons (Fsp3) is 0.500. The number of carbonyl (C=O) groups is 1. The normalized spacial score (nSPS) is 17.5. The Labute approximate surface area is 168 Å². The minimum absolute atomic E-state index is 0.0195. The van der Waals surface area contributed by atoms with Crippen molar-refractivity contribution in [2.24, 2.45) is 5.92 Å². The molecule has 152 valence electrons. The fourth-order valence-corrected chi connectivity index (χ4v) is 5.57. The molecule has 28 heavy (non-hydrogen) atoms. The van der Waals surface area contributed by atoms with Crippen LogP contribution in [0.2, 0.25) is 0 Å². The van der Waals surface area contributed by atoms with Crippen molar-refractivity contribution in [2.75, 3.05) is 18.8 Å². The van der Waals surface area contributed by atoms with Gasteiger partial charge in [-0.15, -0.1) is 0 Å². The maximum absolute atomic E-state index is 12.8. The second-order valence-corrected chi connectivity index (χ2v) is 9.73. The van der Waals surface area contributed by atoms with Gasteiger partial charge in [-0.05, 0) is 42.5 Å². The van der Waals surface area contributed by atoms with E-state index < -0.39 is 10.0 Å². The molecule has 6 heteroatoms. The van der Waals surface area contributed by atoms with E-state index in [-0.39, 0.29) is 23.6 Å². The first-order valence-corrected chi connectivity index (χ1v) is 11.8. The van der Waals surface area contributed by atoms with Crippen molar-refractivity contribution in [1.29, 1.82) is 0 Å². The van der Waals surface area contributed by atoms with Gasteiger partial charge in [0.05, 0.1) is 11.8 Å². The molecule has 0 bridgehead atoms. The van der Waals surface area contributed by atoms with Crippen molar-refractivity contribution >= 4 is 26.7 Å². The summed E-state index contributed by atoms with van der Waals surface area (Å²) < 4.78 is 26.2. The number of fused-ring (bicyclic) bond motifs is 1. The lowest BCUT2D eigenvalue weighted by Gasteiger charge is -2.31. The number of carbonyl (C=O) groups excluding carboxylic acids is 1. The third-order valence-electron chi connectivity index (χ3n) is 5.62. The summed E-state index contributed by atoms with van der Waals surface area (Å²) in [6.07, 6.45) is 2.72. The van der Waals surface area contributed by atoms with Crippen LogP contribution < -0.4 is 5.32 Å². The molecule has 1 atom stereocenters. The van der Waals surface area contributed by atoms with Gasteiger partial charge in [0.15, 0.2) is 0 Å². The van der Waals surface area contributed by atoms with Crippen LogP contribution in [0, 0.1) is 5.92 Å². The number of piperidine rings is 1. The molecule has 2 aromatic carbocycles. The SMILES string of the molecule is CCCCS(=O)(=O)N1CCC(C(=O)NC(C)c2cccc3ccccc23)CC1. The first-order valence-electron chi connectivity index (χ1n) is 10.2. The summed E-state index contributed by atoms with van der Waals surface area (Å²) in [5.74, 6) is 0.0967. The number of rotatable bonds is 7. The first-order chi connectivity index (χ1) is 13.4. The molecular formula is C22H30N2O3S. The minimum Gasteiger partial charge on any atom is -0.349 e. The topological polar surface area (TPSA) is 66.5 Å². The molecule has 1 heterocycles. The van der Waals surface area contributed by atoms with E-state index in [1.807, 2.05) is 32.0 Å². The number of benzene rings is 2. The molecule has 0 spiro atoms. The molecule has 1 N–H and O–H groups in total. The lowest BCUT2D eigenvalue weighted by Crippen LogP contribution is -2.44. The van der Waals surface area contributed by atoms with E-state index in [0.717, 1.165) is 22.8 Å². The summed E-state index contributed by atoms with van der Waals surface area (Å²) in [5, 5.41) is 5.45. The molecule has 0 aliphatic carbocycles. The largest absolute Gasteiger partial charge is 0.349 e. The van der Waals surface area contributed by atoms with Crippen LogP contribution >= 0.6 is 0 Å². The van der Waals surface area contributed by atoms with Gasteiger partial charge in [0.2, 0.25) is 15.9 Å². The molecule has 1 aliphatic rings. The van der Waals surface area contributed by atoms with Gasteiger partial charge in [0.1, 0.15) is 0 Å². The summed E-state index contributed by atoms with van der Waals surface area (Å²) in [7, 11) is -3.18. The average molecular weight is 403 g/mol. The summed E-state index contributed by atoms with van der Waals surface area (Å²) in [6, 6.07) is 14.2. The molecule has 2 aromatic rings.